The van der Waals surface area contributed by atoms with E-state index in [1.807, 2.05) is 36.4 Å². The van der Waals surface area contributed by atoms with Gasteiger partial charge in [0, 0.05) is 29.7 Å². The minimum atomic E-state index is -0.319. The van der Waals surface area contributed by atoms with Gasteiger partial charge in [-0.1, -0.05) is 30.3 Å². The lowest BCUT2D eigenvalue weighted by Gasteiger charge is -2.33. The van der Waals surface area contributed by atoms with Crippen molar-refractivity contribution < 1.29 is 23.7 Å². The van der Waals surface area contributed by atoms with Gasteiger partial charge in [0.2, 0.25) is 0 Å². The van der Waals surface area contributed by atoms with E-state index in [0.717, 1.165) is 49.2 Å². The topological polar surface area (TPSA) is 72.8 Å². The Morgan fingerprint density at radius 1 is 0.829 bits per heavy atom. The van der Waals surface area contributed by atoms with Crippen LogP contribution in [0.3, 0.4) is 0 Å². The average Bonchev–Trinajstić information content (AvgIpc) is 3.47. The molecule has 0 aromatic heterocycles. The summed E-state index contributed by atoms with van der Waals surface area (Å²) in [5, 5.41) is 6.54. The smallest absolute Gasteiger partial charge is 0.257 e. The number of likely N-dealkylation sites (tertiary alicyclic amines) is 1. The van der Waals surface area contributed by atoms with Crippen LogP contribution in [-0.2, 0) is 11.2 Å². The molecule has 8 nitrogen and oxygen atoms in total. The highest BCUT2D eigenvalue weighted by atomic mass is 16.5. The minimum absolute atomic E-state index is 0.0307. The zero-order valence-electron chi connectivity index (χ0n) is 24.3. The van der Waals surface area contributed by atoms with E-state index in [2.05, 4.69) is 35.2 Å². The molecule has 0 spiro atoms. The lowest BCUT2D eigenvalue weighted by Crippen LogP contribution is -2.42. The Kier molecular flexibility index (Phi) is 9.09. The molecule has 8 heteroatoms. The average molecular weight is 558 g/mol. The number of methoxy groups -OCH3 is 4. The van der Waals surface area contributed by atoms with Gasteiger partial charge in [-0.3, -0.25) is 9.69 Å². The molecule has 0 saturated carbocycles. The van der Waals surface area contributed by atoms with E-state index >= 15 is 0 Å². The van der Waals surface area contributed by atoms with Crippen molar-refractivity contribution in [3.63, 3.8) is 0 Å². The van der Waals surface area contributed by atoms with Gasteiger partial charge in [-0.15, -0.1) is 0 Å². The monoisotopic (exact) mass is 557 g/mol. The van der Waals surface area contributed by atoms with E-state index in [-0.39, 0.29) is 11.9 Å². The SMILES string of the molecule is COc1ccc(C2=NN(C(=O)CN3CCC(Cc4ccccc4)CC3)[C@H](c3ccc(OC)cc3OC)C2)c(OC)c1. The fourth-order valence-corrected chi connectivity index (χ4v) is 5.84. The molecule has 3 aromatic carbocycles. The third-order valence-corrected chi connectivity index (χ3v) is 8.12. The highest BCUT2D eigenvalue weighted by Crippen LogP contribution is 2.40. The number of carbonyl (C=O) groups is 1. The van der Waals surface area contributed by atoms with Crippen molar-refractivity contribution in [3.05, 3.63) is 83.4 Å². The van der Waals surface area contributed by atoms with Gasteiger partial charge in [-0.05, 0) is 68.1 Å². The number of piperidine rings is 1. The fourth-order valence-electron chi connectivity index (χ4n) is 5.84. The molecule has 1 atom stereocenters. The summed E-state index contributed by atoms with van der Waals surface area (Å²) in [4.78, 5) is 16.1. The maximum Gasteiger partial charge on any atom is 0.257 e. The van der Waals surface area contributed by atoms with Crippen LogP contribution >= 0.6 is 0 Å². The lowest BCUT2D eigenvalue weighted by atomic mass is 9.90. The first-order chi connectivity index (χ1) is 20.0. The van der Waals surface area contributed by atoms with E-state index in [4.69, 9.17) is 24.0 Å². The van der Waals surface area contributed by atoms with Crippen molar-refractivity contribution in [2.75, 3.05) is 48.1 Å². The van der Waals surface area contributed by atoms with E-state index < -0.39 is 0 Å². The van der Waals surface area contributed by atoms with Gasteiger partial charge in [-0.25, -0.2) is 5.01 Å². The predicted octanol–water partition coefficient (Wildman–Crippen LogP) is 5.35. The van der Waals surface area contributed by atoms with Crippen molar-refractivity contribution in [1.29, 1.82) is 0 Å². The Bertz CT molecular complexity index is 1370. The molecule has 2 heterocycles. The maximum atomic E-state index is 13.9. The second kappa shape index (κ2) is 13.1. The van der Waals surface area contributed by atoms with Crippen LogP contribution in [0.5, 0.6) is 23.0 Å². The normalized spacial score (nSPS) is 17.7. The van der Waals surface area contributed by atoms with Crippen molar-refractivity contribution in [3.8, 4) is 23.0 Å². The van der Waals surface area contributed by atoms with Crippen molar-refractivity contribution >= 4 is 11.6 Å². The molecule has 41 heavy (non-hydrogen) atoms. The Labute approximate surface area is 242 Å². The standard InChI is InChI=1S/C33H39N3O5/c1-38-25-10-12-27(31(19-25)40-3)29-21-30(28-13-11-26(39-2)20-32(28)41-4)36(34-29)33(37)22-35-16-14-24(15-17-35)18-23-8-6-5-7-9-23/h5-13,19-20,24,30H,14-18,21-22H2,1-4H3/t30-/m0/s1. The third kappa shape index (κ3) is 6.49. The molecular weight excluding hydrogens is 518 g/mol. The number of hydrogen-bond donors (Lipinski definition) is 0. The van der Waals surface area contributed by atoms with Gasteiger partial charge in [0.15, 0.2) is 0 Å². The summed E-state index contributed by atoms with van der Waals surface area (Å²) in [6.07, 6.45) is 3.77. The number of benzene rings is 3. The molecule has 0 N–H and O–H groups in total. The van der Waals surface area contributed by atoms with Gasteiger partial charge < -0.3 is 18.9 Å². The van der Waals surface area contributed by atoms with Crippen LogP contribution in [-0.4, -0.2) is 69.6 Å². The second-order valence-electron chi connectivity index (χ2n) is 10.6. The molecule has 216 valence electrons. The van der Waals surface area contributed by atoms with Crippen LogP contribution in [0.2, 0.25) is 0 Å². The molecule has 1 fully saturated rings. The highest BCUT2D eigenvalue weighted by molar-refractivity contribution is 6.05. The summed E-state index contributed by atoms with van der Waals surface area (Å²) in [6.45, 7) is 2.12. The predicted molar refractivity (Wildman–Crippen MR) is 159 cm³/mol. The van der Waals surface area contributed by atoms with Crippen LogP contribution in [0.25, 0.3) is 0 Å². The summed E-state index contributed by atoms with van der Waals surface area (Å²) in [6, 6.07) is 21.7. The number of carbonyl (C=O) groups excluding carboxylic acids is 1. The van der Waals surface area contributed by atoms with Gasteiger partial charge in [0.1, 0.15) is 23.0 Å². The summed E-state index contributed by atoms with van der Waals surface area (Å²) < 4.78 is 22.2. The molecule has 0 bridgehead atoms. The molecule has 0 radical (unpaired) electrons. The van der Waals surface area contributed by atoms with Gasteiger partial charge in [0.25, 0.3) is 5.91 Å². The molecule has 1 amide bonds. The summed E-state index contributed by atoms with van der Waals surface area (Å²) >= 11 is 0. The molecule has 5 rings (SSSR count). The van der Waals surface area contributed by atoms with E-state index in [0.29, 0.717) is 41.9 Å². The Morgan fingerprint density at radius 3 is 2.15 bits per heavy atom. The molecule has 0 unspecified atom stereocenters. The number of hydrogen-bond acceptors (Lipinski definition) is 7. The number of hydrazone groups is 1. The molecule has 1 saturated heterocycles. The van der Waals surface area contributed by atoms with Crippen LogP contribution < -0.4 is 18.9 Å². The first-order valence-corrected chi connectivity index (χ1v) is 14.1. The zero-order valence-corrected chi connectivity index (χ0v) is 24.3. The molecular formula is C33H39N3O5. The first kappa shape index (κ1) is 28.5. The van der Waals surface area contributed by atoms with E-state index in [9.17, 15) is 4.79 Å². The van der Waals surface area contributed by atoms with Crippen LogP contribution in [0, 0.1) is 5.92 Å². The summed E-state index contributed by atoms with van der Waals surface area (Å²) in [5.41, 5.74) is 3.88. The Balaban J connectivity index is 1.36. The van der Waals surface area contributed by atoms with Crippen LogP contribution in [0.4, 0.5) is 0 Å². The fraction of sp³-hybridized carbons (Fsp3) is 0.394. The first-order valence-electron chi connectivity index (χ1n) is 14.1. The van der Waals surface area contributed by atoms with Gasteiger partial charge >= 0.3 is 0 Å². The lowest BCUT2D eigenvalue weighted by molar-refractivity contribution is -0.134. The van der Waals surface area contributed by atoms with E-state index in [1.54, 1.807) is 33.4 Å². The number of amides is 1. The largest absolute Gasteiger partial charge is 0.497 e. The number of nitrogens with zero attached hydrogens (tertiary/aromatic N) is 3. The van der Waals surface area contributed by atoms with Gasteiger partial charge in [-0.2, -0.15) is 5.10 Å². The quantitative estimate of drug-likeness (QED) is 0.335. The highest BCUT2D eigenvalue weighted by Gasteiger charge is 2.36. The van der Waals surface area contributed by atoms with E-state index in [1.165, 1.54) is 5.56 Å². The van der Waals surface area contributed by atoms with Crippen LogP contribution in [0.15, 0.2) is 71.8 Å². The third-order valence-electron chi connectivity index (χ3n) is 8.12. The maximum absolute atomic E-state index is 13.9. The summed E-state index contributed by atoms with van der Waals surface area (Å²) in [7, 11) is 6.51. The second-order valence-corrected chi connectivity index (χ2v) is 10.6. The molecule has 0 aliphatic carbocycles. The Morgan fingerprint density at radius 2 is 1.49 bits per heavy atom. The van der Waals surface area contributed by atoms with Crippen molar-refractivity contribution in [2.24, 2.45) is 11.0 Å². The summed E-state index contributed by atoms with van der Waals surface area (Å²) in [5.74, 6) is 3.31. The van der Waals surface area contributed by atoms with Crippen LogP contribution in [0.1, 0.15) is 42.0 Å². The van der Waals surface area contributed by atoms with Crippen molar-refractivity contribution in [1.82, 2.24) is 9.91 Å². The zero-order chi connectivity index (χ0) is 28.8. The Hall–Kier alpha value is -4.04. The number of rotatable bonds is 10. The molecule has 2 aliphatic heterocycles. The van der Waals surface area contributed by atoms with Crippen molar-refractivity contribution in [2.45, 2.75) is 31.7 Å². The molecule has 3 aromatic rings. The number of ether oxygens (including phenoxy) is 4. The van der Waals surface area contributed by atoms with Gasteiger partial charge in [0.05, 0.1) is 46.7 Å². The minimum Gasteiger partial charge on any atom is -0.497 e. The molecule has 2 aliphatic rings.